The quantitative estimate of drug-likeness (QED) is 0.907. The highest BCUT2D eigenvalue weighted by atomic mass is 16.5. The molecule has 1 heterocycles. The Hall–Kier alpha value is -1.75. The van der Waals surface area contributed by atoms with Gasteiger partial charge in [0, 0.05) is 13.1 Å². The molecular formula is C15H22N2O3. The van der Waals surface area contributed by atoms with Gasteiger partial charge in [-0.2, -0.15) is 0 Å². The van der Waals surface area contributed by atoms with Crippen molar-refractivity contribution in [3.63, 3.8) is 0 Å². The van der Waals surface area contributed by atoms with E-state index in [1.165, 1.54) is 0 Å². The van der Waals surface area contributed by atoms with Gasteiger partial charge in [-0.05, 0) is 43.5 Å². The molecule has 0 bridgehead atoms. The predicted molar refractivity (Wildman–Crippen MR) is 77.2 cm³/mol. The molecule has 0 aromatic heterocycles. The summed E-state index contributed by atoms with van der Waals surface area (Å²) in [6.07, 6.45) is 1.93. The molecule has 0 spiro atoms. The zero-order chi connectivity index (χ0) is 14.5. The Morgan fingerprint density at radius 2 is 2.00 bits per heavy atom. The van der Waals surface area contributed by atoms with Gasteiger partial charge in [0.15, 0.2) is 0 Å². The van der Waals surface area contributed by atoms with Gasteiger partial charge in [-0.3, -0.25) is 4.79 Å². The number of likely N-dealkylation sites (tertiary alicyclic amines) is 1. The van der Waals surface area contributed by atoms with E-state index in [0.29, 0.717) is 29.5 Å². The first kappa shape index (κ1) is 14.7. The van der Waals surface area contributed by atoms with Gasteiger partial charge in [0.1, 0.15) is 11.5 Å². The van der Waals surface area contributed by atoms with Crippen LogP contribution in [0, 0.1) is 5.92 Å². The van der Waals surface area contributed by atoms with Crippen LogP contribution in [0.2, 0.25) is 0 Å². The Kier molecular flexibility index (Phi) is 4.84. The SMILES string of the molecule is COc1ccc(OC)c(C(=O)N2CCC(CN)CC2)c1. The van der Waals surface area contributed by atoms with Crippen LogP contribution < -0.4 is 15.2 Å². The molecule has 1 saturated heterocycles. The number of piperidine rings is 1. The molecule has 2 rings (SSSR count). The van der Waals surface area contributed by atoms with E-state index in [-0.39, 0.29) is 5.91 Å². The van der Waals surface area contributed by atoms with Gasteiger partial charge in [-0.25, -0.2) is 0 Å². The first-order valence-electron chi connectivity index (χ1n) is 6.91. The third-order valence-electron chi connectivity index (χ3n) is 3.87. The van der Waals surface area contributed by atoms with Gasteiger partial charge in [0.25, 0.3) is 5.91 Å². The number of methoxy groups -OCH3 is 2. The average Bonchev–Trinajstić information content (AvgIpc) is 2.53. The molecule has 0 atom stereocenters. The van der Waals surface area contributed by atoms with Crippen LogP contribution in [0.15, 0.2) is 18.2 Å². The summed E-state index contributed by atoms with van der Waals surface area (Å²) in [6, 6.07) is 5.28. The Balaban J connectivity index is 2.16. The van der Waals surface area contributed by atoms with Crippen molar-refractivity contribution >= 4 is 5.91 Å². The normalized spacial score (nSPS) is 16.1. The monoisotopic (exact) mass is 278 g/mol. The molecule has 1 amide bonds. The van der Waals surface area contributed by atoms with Gasteiger partial charge in [0.2, 0.25) is 0 Å². The molecule has 5 heteroatoms. The second-order valence-electron chi connectivity index (χ2n) is 5.04. The van der Waals surface area contributed by atoms with Crippen molar-refractivity contribution in [2.24, 2.45) is 11.7 Å². The van der Waals surface area contributed by atoms with Crippen molar-refractivity contribution in [2.75, 3.05) is 33.9 Å². The first-order valence-corrected chi connectivity index (χ1v) is 6.91. The molecule has 1 aliphatic rings. The highest BCUT2D eigenvalue weighted by Crippen LogP contribution is 2.27. The molecule has 1 aromatic rings. The number of hydrogen-bond acceptors (Lipinski definition) is 4. The molecular weight excluding hydrogens is 256 g/mol. The summed E-state index contributed by atoms with van der Waals surface area (Å²) in [4.78, 5) is 14.5. The lowest BCUT2D eigenvalue weighted by atomic mass is 9.96. The van der Waals surface area contributed by atoms with Crippen molar-refractivity contribution in [1.29, 1.82) is 0 Å². The minimum absolute atomic E-state index is 0.00350. The van der Waals surface area contributed by atoms with E-state index in [2.05, 4.69) is 0 Å². The number of rotatable bonds is 4. The zero-order valence-corrected chi connectivity index (χ0v) is 12.1. The van der Waals surface area contributed by atoms with E-state index in [1.54, 1.807) is 32.4 Å². The van der Waals surface area contributed by atoms with Gasteiger partial charge in [-0.1, -0.05) is 0 Å². The maximum absolute atomic E-state index is 12.6. The summed E-state index contributed by atoms with van der Waals surface area (Å²) >= 11 is 0. The van der Waals surface area contributed by atoms with Gasteiger partial charge < -0.3 is 20.1 Å². The number of carbonyl (C=O) groups excluding carboxylic acids is 1. The van der Waals surface area contributed by atoms with Crippen LogP contribution >= 0.6 is 0 Å². The van der Waals surface area contributed by atoms with Crippen LogP contribution in [0.1, 0.15) is 23.2 Å². The van der Waals surface area contributed by atoms with E-state index in [0.717, 1.165) is 25.9 Å². The van der Waals surface area contributed by atoms with Crippen LogP contribution in [0.3, 0.4) is 0 Å². The standard InChI is InChI=1S/C15H22N2O3/c1-19-12-3-4-14(20-2)13(9-12)15(18)17-7-5-11(10-16)6-8-17/h3-4,9,11H,5-8,10,16H2,1-2H3. The van der Waals surface area contributed by atoms with E-state index >= 15 is 0 Å². The molecule has 1 aromatic carbocycles. The Bertz CT molecular complexity index is 468. The van der Waals surface area contributed by atoms with Crippen molar-refractivity contribution in [1.82, 2.24) is 4.90 Å². The average molecular weight is 278 g/mol. The lowest BCUT2D eigenvalue weighted by Crippen LogP contribution is -2.40. The molecule has 0 unspecified atom stereocenters. The number of hydrogen-bond donors (Lipinski definition) is 1. The number of ether oxygens (including phenoxy) is 2. The second kappa shape index (κ2) is 6.61. The fourth-order valence-corrected chi connectivity index (χ4v) is 2.52. The number of amides is 1. The maximum Gasteiger partial charge on any atom is 0.257 e. The fourth-order valence-electron chi connectivity index (χ4n) is 2.52. The summed E-state index contributed by atoms with van der Waals surface area (Å²) in [5, 5.41) is 0. The van der Waals surface area contributed by atoms with Crippen LogP contribution in [-0.2, 0) is 0 Å². The molecule has 110 valence electrons. The molecule has 20 heavy (non-hydrogen) atoms. The smallest absolute Gasteiger partial charge is 0.257 e. The molecule has 5 nitrogen and oxygen atoms in total. The number of nitrogens with zero attached hydrogens (tertiary/aromatic N) is 1. The summed E-state index contributed by atoms with van der Waals surface area (Å²) in [5.74, 6) is 1.77. The summed E-state index contributed by atoms with van der Waals surface area (Å²) in [5.41, 5.74) is 6.23. The Morgan fingerprint density at radius 3 is 2.55 bits per heavy atom. The third-order valence-corrected chi connectivity index (χ3v) is 3.87. The highest BCUT2D eigenvalue weighted by Gasteiger charge is 2.25. The summed E-state index contributed by atoms with van der Waals surface area (Å²) < 4.78 is 10.5. The maximum atomic E-state index is 12.6. The minimum atomic E-state index is -0.00350. The minimum Gasteiger partial charge on any atom is -0.497 e. The molecule has 0 saturated carbocycles. The lowest BCUT2D eigenvalue weighted by Gasteiger charge is -2.31. The largest absolute Gasteiger partial charge is 0.497 e. The summed E-state index contributed by atoms with van der Waals surface area (Å²) in [7, 11) is 3.15. The van der Waals surface area contributed by atoms with E-state index < -0.39 is 0 Å². The zero-order valence-electron chi connectivity index (χ0n) is 12.1. The van der Waals surface area contributed by atoms with E-state index in [1.807, 2.05) is 4.90 Å². The van der Waals surface area contributed by atoms with Crippen molar-refractivity contribution in [3.05, 3.63) is 23.8 Å². The second-order valence-corrected chi connectivity index (χ2v) is 5.04. The molecule has 1 aliphatic heterocycles. The van der Waals surface area contributed by atoms with E-state index in [4.69, 9.17) is 15.2 Å². The molecule has 0 aliphatic carbocycles. The van der Waals surface area contributed by atoms with Gasteiger partial charge in [-0.15, -0.1) is 0 Å². The van der Waals surface area contributed by atoms with Crippen molar-refractivity contribution in [2.45, 2.75) is 12.8 Å². The Labute approximate surface area is 119 Å². The van der Waals surface area contributed by atoms with Gasteiger partial charge in [0.05, 0.1) is 19.8 Å². The molecule has 1 fully saturated rings. The number of carbonyl (C=O) groups is 1. The first-order chi connectivity index (χ1) is 9.69. The summed E-state index contributed by atoms with van der Waals surface area (Å²) in [6.45, 7) is 2.20. The topological polar surface area (TPSA) is 64.8 Å². The predicted octanol–water partition coefficient (Wildman–Crippen LogP) is 1.51. The molecule has 2 N–H and O–H groups in total. The number of nitrogens with two attached hydrogens (primary N) is 1. The van der Waals surface area contributed by atoms with Crippen LogP contribution in [0.4, 0.5) is 0 Å². The fraction of sp³-hybridized carbons (Fsp3) is 0.533. The molecule has 0 radical (unpaired) electrons. The number of benzene rings is 1. The van der Waals surface area contributed by atoms with Crippen molar-refractivity contribution in [3.8, 4) is 11.5 Å². The van der Waals surface area contributed by atoms with Crippen LogP contribution in [-0.4, -0.2) is 44.7 Å². The highest BCUT2D eigenvalue weighted by molar-refractivity contribution is 5.97. The van der Waals surface area contributed by atoms with Gasteiger partial charge >= 0.3 is 0 Å². The van der Waals surface area contributed by atoms with E-state index in [9.17, 15) is 4.79 Å². The van der Waals surface area contributed by atoms with Crippen molar-refractivity contribution < 1.29 is 14.3 Å². The Morgan fingerprint density at radius 1 is 1.30 bits per heavy atom. The van der Waals surface area contributed by atoms with Crippen LogP contribution in [0.5, 0.6) is 11.5 Å². The third kappa shape index (κ3) is 3.04. The lowest BCUT2D eigenvalue weighted by molar-refractivity contribution is 0.0689. The van der Waals surface area contributed by atoms with Crippen LogP contribution in [0.25, 0.3) is 0 Å².